The van der Waals surface area contributed by atoms with Crippen LogP contribution in [0.3, 0.4) is 0 Å². The third-order valence-corrected chi connectivity index (χ3v) is 3.76. The summed E-state index contributed by atoms with van der Waals surface area (Å²) >= 11 is 0. The van der Waals surface area contributed by atoms with Crippen molar-refractivity contribution in [2.45, 2.75) is 0 Å². The summed E-state index contributed by atoms with van der Waals surface area (Å²) in [6.07, 6.45) is 0. The van der Waals surface area contributed by atoms with Gasteiger partial charge in [0, 0.05) is 23.4 Å². The number of hydrogen-bond acceptors (Lipinski definition) is 4. The Hall–Kier alpha value is -3.67. The van der Waals surface area contributed by atoms with Crippen molar-refractivity contribution in [2.24, 2.45) is 5.73 Å². The lowest BCUT2D eigenvalue weighted by Gasteiger charge is -2.14. The SMILES string of the molecule is NC(=O)c1cc([N+](=O)[O-])ccc1Nc1ccccc1-c1ccccc1. The van der Waals surface area contributed by atoms with Crippen molar-refractivity contribution >= 4 is 23.0 Å². The summed E-state index contributed by atoms with van der Waals surface area (Å²) in [7, 11) is 0. The molecular formula is C19H15N3O3. The van der Waals surface area contributed by atoms with Crippen LogP contribution in [0.5, 0.6) is 0 Å². The zero-order valence-corrected chi connectivity index (χ0v) is 13.2. The number of nitro benzene ring substituents is 1. The Kier molecular flexibility index (Phi) is 4.43. The lowest BCUT2D eigenvalue weighted by molar-refractivity contribution is -0.384. The lowest BCUT2D eigenvalue weighted by atomic mass is 10.0. The number of non-ortho nitro benzene ring substituents is 1. The highest BCUT2D eigenvalue weighted by molar-refractivity contribution is 6.00. The fourth-order valence-electron chi connectivity index (χ4n) is 2.57. The van der Waals surface area contributed by atoms with E-state index in [0.717, 1.165) is 16.8 Å². The molecule has 0 heterocycles. The normalized spacial score (nSPS) is 10.2. The van der Waals surface area contributed by atoms with E-state index in [1.165, 1.54) is 18.2 Å². The molecular weight excluding hydrogens is 318 g/mol. The van der Waals surface area contributed by atoms with Gasteiger partial charge in [0.1, 0.15) is 0 Å². The van der Waals surface area contributed by atoms with Gasteiger partial charge in [0.05, 0.1) is 16.2 Å². The number of anilines is 2. The fraction of sp³-hybridized carbons (Fsp3) is 0. The monoisotopic (exact) mass is 333 g/mol. The Labute approximate surface area is 144 Å². The minimum Gasteiger partial charge on any atom is -0.366 e. The summed E-state index contributed by atoms with van der Waals surface area (Å²) in [5, 5.41) is 14.1. The molecule has 1 amide bonds. The molecule has 0 aliphatic carbocycles. The van der Waals surface area contributed by atoms with E-state index in [9.17, 15) is 14.9 Å². The van der Waals surface area contributed by atoms with Crippen molar-refractivity contribution < 1.29 is 9.72 Å². The Morgan fingerprint density at radius 3 is 2.28 bits per heavy atom. The number of rotatable bonds is 5. The first-order chi connectivity index (χ1) is 12.1. The van der Waals surface area contributed by atoms with Crippen LogP contribution in [-0.4, -0.2) is 10.8 Å². The fourth-order valence-corrected chi connectivity index (χ4v) is 2.57. The van der Waals surface area contributed by atoms with E-state index in [2.05, 4.69) is 5.32 Å². The molecule has 0 fully saturated rings. The molecule has 0 aliphatic rings. The van der Waals surface area contributed by atoms with Crippen LogP contribution in [0, 0.1) is 10.1 Å². The predicted molar refractivity (Wildman–Crippen MR) is 96.8 cm³/mol. The van der Waals surface area contributed by atoms with Crippen molar-refractivity contribution in [1.82, 2.24) is 0 Å². The minimum atomic E-state index is -0.733. The number of primary amides is 1. The molecule has 0 saturated carbocycles. The maximum Gasteiger partial charge on any atom is 0.270 e. The van der Waals surface area contributed by atoms with Crippen LogP contribution in [0.25, 0.3) is 11.1 Å². The van der Waals surface area contributed by atoms with Crippen molar-refractivity contribution in [3.8, 4) is 11.1 Å². The zero-order chi connectivity index (χ0) is 17.8. The molecule has 3 aromatic carbocycles. The van der Waals surface area contributed by atoms with Gasteiger partial charge in [-0.15, -0.1) is 0 Å². The first-order valence-electron chi connectivity index (χ1n) is 7.56. The van der Waals surface area contributed by atoms with Gasteiger partial charge in [-0.1, -0.05) is 48.5 Å². The standard InChI is InChI=1S/C19H15N3O3/c20-19(23)16-12-14(22(24)25)10-11-18(16)21-17-9-5-4-8-15(17)13-6-2-1-3-7-13/h1-12,21H,(H2,20,23). The van der Waals surface area contributed by atoms with Gasteiger partial charge in [-0.2, -0.15) is 0 Å². The Bertz CT molecular complexity index is 940. The first-order valence-corrected chi connectivity index (χ1v) is 7.56. The number of carbonyl (C=O) groups excluding carboxylic acids is 1. The average molecular weight is 333 g/mol. The number of nitro groups is 1. The summed E-state index contributed by atoms with van der Waals surface area (Å²) in [4.78, 5) is 22.1. The highest BCUT2D eigenvalue weighted by Crippen LogP contribution is 2.32. The molecule has 6 heteroatoms. The molecule has 0 aromatic heterocycles. The van der Waals surface area contributed by atoms with Crippen LogP contribution < -0.4 is 11.1 Å². The molecule has 3 rings (SSSR count). The van der Waals surface area contributed by atoms with Gasteiger partial charge in [-0.3, -0.25) is 14.9 Å². The molecule has 25 heavy (non-hydrogen) atoms. The van der Waals surface area contributed by atoms with Crippen LogP contribution in [0.1, 0.15) is 10.4 Å². The Balaban J connectivity index is 2.04. The van der Waals surface area contributed by atoms with Gasteiger partial charge < -0.3 is 11.1 Å². The van der Waals surface area contributed by atoms with Crippen molar-refractivity contribution in [2.75, 3.05) is 5.32 Å². The number of amides is 1. The summed E-state index contributed by atoms with van der Waals surface area (Å²) in [6.45, 7) is 0. The summed E-state index contributed by atoms with van der Waals surface area (Å²) in [5.74, 6) is -0.733. The van der Waals surface area contributed by atoms with Crippen LogP contribution in [0.4, 0.5) is 17.1 Å². The second-order valence-corrected chi connectivity index (χ2v) is 5.39. The molecule has 0 aliphatic heterocycles. The smallest absolute Gasteiger partial charge is 0.270 e. The van der Waals surface area contributed by atoms with E-state index in [1.807, 2.05) is 54.6 Å². The van der Waals surface area contributed by atoms with Gasteiger partial charge >= 0.3 is 0 Å². The van der Waals surface area contributed by atoms with Crippen molar-refractivity contribution in [1.29, 1.82) is 0 Å². The van der Waals surface area contributed by atoms with E-state index in [1.54, 1.807) is 0 Å². The molecule has 0 unspecified atom stereocenters. The number of carbonyl (C=O) groups is 1. The van der Waals surface area contributed by atoms with Crippen LogP contribution in [0.15, 0.2) is 72.8 Å². The predicted octanol–water partition coefficient (Wildman–Crippen LogP) is 4.10. The highest BCUT2D eigenvalue weighted by atomic mass is 16.6. The van der Waals surface area contributed by atoms with Crippen molar-refractivity contribution in [3.05, 3.63) is 88.5 Å². The third-order valence-electron chi connectivity index (χ3n) is 3.76. The molecule has 0 saturated heterocycles. The number of nitrogens with zero attached hydrogens (tertiary/aromatic N) is 1. The molecule has 0 bridgehead atoms. The van der Waals surface area contributed by atoms with E-state index >= 15 is 0 Å². The summed E-state index contributed by atoms with van der Waals surface area (Å²) in [5.41, 5.74) is 8.40. The van der Waals surface area contributed by atoms with Crippen LogP contribution in [0.2, 0.25) is 0 Å². The number of nitrogens with two attached hydrogens (primary N) is 1. The zero-order valence-electron chi connectivity index (χ0n) is 13.2. The largest absolute Gasteiger partial charge is 0.366 e. The molecule has 0 spiro atoms. The van der Waals surface area contributed by atoms with Gasteiger partial charge in [-0.05, 0) is 17.7 Å². The maximum atomic E-state index is 11.7. The number of hydrogen-bond donors (Lipinski definition) is 2. The Morgan fingerprint density at radius 1 is 0.920 bits per heavy atom. The van der Waals surface area contributed by atoms with Gasteiger partial charge in [0.25, 0.3) is 11.6 Å². The molecule has 0 atom stereocenters. The van der Waals surface area contributed by atoms with Gasteiger partial charge in [0.2, 0.25) is 0 Å². The topological polar surface area (TPSA) is 98.3 Å². The van der Waals surface area contributed by atoms with E-state index in [-0.39, 0.29) is 11.3 Å². The van der Waals surface area contributed by atoms with E-state index in [4.69, 9.17) is 5.73 Å². The quantitative estimate of drug-likeness (QED) is 0.542. The molecule has 6 nitrogen and oxygen atoms in total. The average Bonchev–Trinajstić information content (AvgIpc) is 2.63. The molecule has 3 aromatic rings. The molecule has 124 valence electrons. The molecule has 0 radical (unpaired) electrons. The van der Waals surface area contributed by atoms with Gasteiger partial charge in [0.15, 0.2) is 0 Å². The maximum absolute atomic E-state index is 11.7. The first kappa shape index (κ1) is 16.2. The number of benzene rings is 3. The summed E-state index contributed by atoms with van der Waals surface area (Å²) < 4.78 is 0. The minimum absolute atomic E-state index is 0.0667. The highest BCUT2D eigenvalue weighted by Gasteiger charge is 2.15. The van der Waals surface area contributed by atoms with Gasteiger partial charge in [-0.25, -0.2) is 0 Å². The van der Waals surface area contributed by atoms with E-state index in [0.29, 0.717) is 5.69 Å². The third kappa shape index (κ3) is 3.48. The summed E-state index contributed by atoms with van der Waals surface area (Å²) in [6, 6.07) is 21.4. The number of nitrogens with one attached hydrogen (secondary N) is 1. The Morgan fingerprint density at radius 2 is 1.60 bits per heavy atom. The number of para-hydroxylation sites is 1. The van der Waals surface area contributed by atoms with E-state index < -0.39 is 10.8 Å². The van der Waals surface area contributed by atoms with Crippen LogP contribution >= 0.6 is 0 Å². The van der Waals surface area contributed by atoms with Crippen LogP contribution in [-0.2, 0) is 0 Å². The molecule has 3 N–H and O–H groups in total. The second-order valence-electron chi connectivity index (χ2n) is 5.39. The lowest BCUT2D eigenvalue weighted by Crippen LogP contribution is -2.13. The second kappa shape index (κ2) is 6.84. The van der Waals surface area contributed by atoms with Crippen molar-refractivity contribution in [3.63, 3.8) is 0 Å².